The molecule has 1 saturated carbocycles. The molecular weight excluding hydrogens is 362 g/mol. The van der Waals surface area contributed by atoms with Gasteiger partial charge in [-0.2, -0.15) is 0 Å². The summed E-state index contributed by atoms with van der Waals surface area (Å²) >= 11 is 1.63. The van der Waals surface area contributed by atoms with E-state index in [1.165, 1.54) is 0 Å². The maximum absolute atomic E-state index is 12.5. The lowest BCUT2D eigenvalue weighted by Crippen LogP contribution is -2.35. The molecule has 0 atom stereocenters. The Bertz CT molecular complexity index is 768. The van der Waals surface area contributed by atoms with Gasteiger partial charge in [0.05, 0.1) is 19.1 Å². The van der Waals surface area contributed by atoms with Gasteiger partial charge >= 0.3 is 5.97 Å². The fourth-order valence-electron chi connectivity index (χ4n) is 2.82. The molecule has 1 aromatic heterocycles. The van der Waals surface area contributed by atoms with Crippen LogP contribution in [0.5, 0.6) is 5.75 Å². The van der Waals surface area contributed by atoms with Crippen molar-refractivity contribution in [2.45, 2.75) is 51.8 Å². The molecule has 0 unspecified atom stereocenters. The third kappa shape index (κ3) is 6.10. The number of hydrogen-bond acceptors (Lipinski definition) is 5. The number of ether oxygens (including phenoxy) is 2. The van der Waals surface area contributed by atoms with Crippen LogP contribution in [0.2, 0.25) is 0 Å². The molecule has 1 aromatic carbocycles. The Morgan fingerprint density at radius 2 is 2.04 bits per heavy atom. The summed E-state index contributed by atoms with van der Waals surface area (Å²) in [6.45, 7) is 4.29. The molecule has 0 bridgehead atoms. The van der Waals surface area contributed by atoms with Crippen molar-refractivity contribution in [3.63, 3.8) is 0 Å². The molecule has 0 radical (unpaired) electrons. The normalized spacial score (nSPS) is 13.4. The van der Waals surface area contributed by atoms with Gasteiger partial charge < -0.3 is 14.4 Å². The fraction of sp³-hybridized carbons (Fsp3) is 0.429. The van der Waals surface area contributed by atoms with Gasteiger partial charge in [-0.1, -0.05) is 18.2 Å². The highest BCUT2D eigenvalue weighted by atomic mass is 32.1. The van der Waals surface area contributed by atoms with Gasteiger partial charge in [-0.3, -0.25) is 9.59 Å². The highest BCUT2D eigenvalue weighted by Crippen LogP contribution is 2.29. The van der Waals surface area contributed by atoms with Gasteiger partial charge in [0, 0.05) is 10.9 Å². The molecule has 0 saturated heterocycles. The summed E-state index contributed by atoms with van der Waals surface area (Å²) in [6.07, 6.45) is 2.24. The zero-order valence-electron chi connectivity index (χ0n) is 15.7. The number of amides is 1. The van der Waals surface area contributed by atoms with Crippen molar-refractivity contribution in [1.29, 1.82) is 0 Å². The van der Waals surface area contributed by atoms with Crippen molar-refractivity contribution in [2.24, 2.45) is 0 Å². The molecule has 0 aliphatic heterocycles. The number of benzene rings is 1. The van der Waals surface area contributed by atoms with Crippen LogP contribution in [0, 0.1) is 0 Å². The van der Waals surface area contributed by atoms with E-state index in [0.29, 0.717) is 6.54 Å². The summed E-state index contributed by atoms with van der Waals surface area (Å²) in [6, 6.07) is 11.7. The smallest absolute Gasteiger partial charge is 0.310 e. The highest BCUT2D eigenvalue weighted by Gasteiger charge is 2.33. The Morgan fingerprint density at radius 3 is 2.70 bits per heavy atom. The van der Waals surface area contributed by atoms with Crippen LogP contribution in [0.4, 0.5) is 0 Å². The summed E-state index contributed by atoms with van der Waals surface area (Å²) in [5.74, 6) is 0.190. The number of nitrogens with zero attached hydrogens (tertiary/aromatic N) is 1. The Hall–Kier alpha value is -2.34. The molecule has 2 aromatic rings. The maximum atomic E-state index is 12.5. The monoisotopic (exact) mass is 387 g/mol. The van der Waals surface area contributed by atoms with E-state index in [1.54, 1.807) is 11.3 Å². The molecule has 1 amide bonds. The molecule has 1 fully saturated rings. The lowest BCUT2D eigenvalue weighted by atomic mass is 10.1. The number of carbonyl (C=O) groups excluding carboxylic acids is 2. The van der Waals surface area contributed by atoms with Gasteiger partial charge in [0.1, 0.15) is 5.75 Å². The molecule has 3 rings (SSSR count). The lowest BCUT2D eigenvalue weighted by molar-refractivity contribution is -0.152. The van der Waals surface area contributed by atoms with Crippen molar-refractivity contribution in [3.05, 3.63) is 52.2 Å². The first-order valence-corrected chi connectivity index (χ1v) is 10.1. The molecular formula is C21H25NO4S. The Labute approximate surface area is 163 Å². The number of thiophene rings is 1. The van der Waals surface area contributed by atoms with Gasteiger partial charge in [-0.15, -0.1) is 11.3 Å². The van der Waals surface area contributed by atoms with E-state index in [-0.39, 0.29) is 31.1 Å². The van der Waals surface area contributed by atoms with Gasteiger partial charge in [-0.05, 0) is 55.8 Å². The van der Waals surface area contributed by atoms with Crippen LogP contribution in [-0.4, -0.2) is 35.5 Å². The SMILES string of the molecule is CC(C)Oc1cccc(CC(=O)OCC(=O)N(Cc2cccs2)C2CC2)c1. The van der Waals surface area contributed by atoms with Gasteiger partial charge in [0.15, 0.2) is 6.61 Å². The van der Waals surface area contributed by atoms with Crippen LogP contribution < -0.4 is 4.74 Å². The topological polar surface area (TPSA) is 55.8 Å². The molecule has 27 heavy (non-hydrogen) atoms. The Balaban J connectivity index is 1.50. The maximum Gasteiger partial charge on any atom is 0.310 e. The number of esters is 1. The zero-order valence-corrected chi connectivity index (χ0v) is 16.5. The second-order valence-electron chi connectivity index (χ2n) is 6.98. The first-order valence-electron chi connectivity index (χ1n) is 9.24. The third-order valence-corrected chi connectivity index (χ3v) is 5.05. The summed E-state index contributed by atoms with van der Waals surface area (Å²) in [5.41, 5.74) is 0.809. The van der Waals surface area contributed by atoms with Crippen LogP contribution >= 0.6 is 11.3 Å². The molecule has 144 valence electrons. The largest absolute Gasteiger partial charge is 0.491 e. The van der Waals surface area contributed by atoms with E-state index in [0.717, 1.165) is 29.0 Å². The molecule has 0 spiro atoms. The molecule has 6 heteroatoms. The Kier molecular flexibility index (Phi) is 6.50. The van der Waals surface area contributed by atoms with Gasteiger partial charge in [0.25, 0.3) is 5.91 Å². The molecule has 5 nitrogen and oxygen atoms in total. The van der Waals surface area contributed by atoms with E-state index in [2.05, 4.69) is 0 Å². The van der Waals surface area contributed by atoms with E-state index >= 15 is 0 Å². The van der Waals surface area contributed by atoms with Crippen LogP contribution in [0.3, 0.4) is 0 Å². The van der Waals surface area contributed by atoms with Crippen LogP contribution in [0.1, 0.15) is 37.1 Å². The molecule has 1 aliphatic carbocycles. The van der Waals surface area contributed by atoms with E-state index in [1.807, 2.05) is 60.5 Å². The first kappa shape index (κ1) is 19.4. The average Bonchev–Trinajstić information content (AvgIpc) is 3.33. The van der Waals surface area contributed by atoms with Gasteiger partial charge in [0.2, 0.25) is 0 Å². The van der Waals surface area contributed by atoms with Gasteiger partial charge in [-0.25, -0.2) is 0 Å². The van der Waals surface area contributed by atoms with Crippen LogP contribution in [-0.2, 0) is 27.3 Å². The number of carbonyl (C=O) groups is 2. The second kappa shape index (κ2) is 9.04. The summed E-state index contributed by atoms with van der Waals surface area (Å²) in [5, 5.41) is 2.00. The predicted molar refractivity (Wildman–Crippen MR) is 105 cm³/mol. The lowest BCUT2D eigenvalue weighted by Gasteiger charge is -2.21. The van der Waals surface area contributed by atoms with Crippen molar-refractivity contribution in [1.82, 2.24) is 4.90 Å². The zero-order chi connectivity index (χ0) is 19.2. The predicted octanol–water partition coefficient (Wildman–Crippen LogP) is 3.81. The Morgan fingerprint density at radius 1 is 1.22 bits per heavy atom. The van der Waals surface area contributed by atoms with Crippen molar-refractivity contribution in [3.8, 4) is 5.75 Å². The van der Waals surface area contributed by atoms with Crippen molar-refractivity contribution < 1.29 is 19.1 Å². The first-order chi connectivity index (χ1) is 13.0. The highest BCUT2D eigenvalue weighted by molar-refractivity contribution is 7.09. The van der Waals surface area contributed by atoms with Crippen molar-refractivity contribution in [2.75, 3.05) is 6.61 Å². The van der Waals surface area contributed by atoms with E-state index in [4.69, 9.17) is 9.47 Å². The third-order valence-electron chi connectivity index (χ3n) is 4.19. The summed E-state index contributed by atoms with van der Waals surface area (Å²) < 4.78 is 10.9. The minimum atomic E-state index is -0.406. The van der Waals surface area contributed by atoms with E-state index in [9.17, 15) is 9.59 Å². The van der Waals surface area contributed by atoms with E-state index < -0.39 is 5.97 Å². The van der Waals surface area contributed by atoms with Crippen LogP contribution in [0.25, 0.3) is 0 Å². The summed E-state index contributed by atoms with van der Waals surface area (Å²) in [7, 11) is 0. The average molecular weight is 388 g/mol. The quantitative estimate of drug-likeness (QED) is 0.614. The number of hydrogen-bond donors (Lipinski definition) is 0. The molecule has 0 N–H and O–H groups in total. The summed E-state index contributed by atoms with van der Waals surface area (Å²) in [4.78, 5) is 27.6. The van der Waals surface area contributed by atoms with Crippen molar-refractivity contribution >= 4 is 23.2 Å². The fourth-order valence-corrected chi connectivity index (χ4v) is 3.52. The number of rotatable bonds is 9. The minimum Gasteiger partial charge on any atom is -0.491 e. The minimum absolute atomic E-state index is 0.0709. The van der Waals surface area contributed by atoms with Crippen LogP contribution in [0.15, 0.2) is 41.8 Å². The molecule has 1 aliphatic rings. The standard InChI is InChI=1S/C21H25NO4S/c1-15(2)26-18-6-3-5-16(11-18)12-21(24)25-14-20(23)22(17-8-9-17)13-19-7-4-10-27-19/h3-7,10-11,15,17H,8-9,12-14H2,1-2H3. The molecule has 1 heterocycles. The second-order valence-corrected chi connectivity index (χ2v) is 8.02.